The third-order valence-electron chi connectivity index (χ3n) is 2.04. The van der Waals surface area contributed by atoms with Crippen molar-refractivity contribution in [2.45, 2.75) is 11.8 Å². The van der Waals surface area contributed by atoms with Crippen LogP contribution >= 0.6 is 0 Å². The normalized spacial score (nSPS) is 11.7. The Labute approximate surface area is 94.9 Å². The van der Waals surface area contributed by atoms with Crippen molar-refractivity contribution >= 4 is 10.0 Å². The molecular weight excluding hydrogens is 231 g/mol. The first-order valence-electron chi connectivity index (χ1n) is 4.88. The van der Waals surface area contributed by atoms with Crippen LogP contribution in [0.2, 0.25) is 0 Å². The minimum Gasteiger partial charge on any atom is -0.318 e. The van der Waals surface area contributed by atoms with Gasteiger partial charge in [-0.25, -0.2) is 17.5 Å². The molecule has 0 spiro atoms. The van der Waals surface area contributed by atoms with Gasteiger partial charge in [0.05, 0.1) is 0 Å². The fourth-order valence-corrected chi connectivity index (χ4v) is 2.30. The molecule has 0 radical (unpaired) electrons. The van der Waals surface area contributed by atoms with Crippen molar-refractivity contribution in [1.82, 2.24) is 10.0 Å². The molecule has 0 fully saturated rings. The standard InChI is InChI=1S/C10H15FN2O2S/c1-8-3-4-10(9(11)7-8)16(14,15)13-6-5-12-2/h3-4,7,12-13H,5-6H2,1-2H3. The van der Waals surface area contributed by atoms with Gasteiger partial charge in [0.1, 0.15) is 10.7 Å². The van der Waals surface area contributed by atoms with E-state index in [9.17, 15) is 12.8 Å². The summed E-state index contributed by atoms with van der Waals surface area (Å²) in [6.45, 7) is 2.42. The van der Waals surface area contributed by atoms with E-state index in [2.05, 4.69) is 10.0 Å². The molecule has 6 heteroatoms. The van der Waals surface area contributed by atoms with Crippen molar-refractivity contribution in [1.29, 1.82) is 0 Å². The van der Waals surface area contributed by atoms with E-state index in [1.54, 1.807) is 20.0 Å². The van der Waals surface area contributed by atoms with E-state index < -0.39 is 15.8 Å². The van der Waals surface area contributed by atoms with E-state index in [1.165, 1.54) is 12.1 Å². The number of hydrogen-bond acceptors (Lipinski definition) is 3. The van der Waals surface area contributed by atoms with E-state index in [-0.39, 0.29) is 11.4 Å². The van der Waals surface area contributed by atoms with Gasteiger partial charge in [-0.3, -0.25) is 0 Å². The van der Waals surface area contributed by atoms with Gasteiger partial charge in [0.15, 0.2) is 0 Å². The molecule has 1 rings (SSSR count). The predicted molar refractivity (Wildman–Crippen MR) is 60.3 cm³/mol. The Hall–Kier alpha value is -0.980. The lowest BCUT2D eigenvalue weighted by Crippen LogP contribution is -2.31. The number of benzene rings is 1. The third kappa shape index (κ3) is 3.26. The van der Waals surface area contributed by atoms with Crippen molar-refractivity contribution in [2.75, 3.05) is 20.1 Å². The molecule has 0 aliphatic carbocycles. The summed E-state index contributed by atoms with van der Waals surface area (Å²) >= 11 is 0. The van der Waals surface area contributed by atoms with Gasteiger partial charge in [0.25, 0.3) is 0 Å². The monoisotopic (exact) mass is 246 g/mol. The zero-order valence-corrected chi connectivity index (χ0v) is 10.1. The Morgan fingerprint density at radius 2 is 2.00 bits per heavy atom. The van der Waals surface area contributed by atoms with E-state index >= 15 is 0 Å². The molecular formula is C10H15FN2O2S. The number of halogens is 1. The Balaban J connectivity index is 2.90. The highest BCUT2D eigenvalue weighted by atomic mass is 32.2. The average Bonchev–Trinajstić information content (AvgIpc) is 2.17. The van der Waals surface area contributed by atoms with Gasteiger partial charge < -0.3 is 5.32 Å². The molecule has 2 N–H and O–H groups in total. The highest BCUT2D eigenvalue weighted by Crippen LogP contribution is 2.15. The van der Waals surface area contributed by atoms with Crippen LogP contribution < -0.4 is 10.0 Å². The number of likely N-dealkylation sites (N-methyl/N-ethyl adjacent to an activating group) is 1. The van der Waals surface area contributed by atoms with Crippen LogP contribution in [-0.2, 0) is 10.0 Å². The van der Waals surface area contributed by atoms with E-state index in [4.69, 9.17) is 0 Å². The van der Waals surface area contributed by atoms with Crippen molar-refractivity contribution in [2.24, 2.45) is 0 Å². The molecule has 0 saturated heterocycles. The fourth-order valence-electron chi connectivity index (χ4n) is 1.21. The lowest BCUT2D eigenvalue weighted by molar-refractivity contribution is 0.555. The van der Waals surface area contributed by atoms with Crippen LogP contribution in [0.15, 0.2) is 23.1 Å². The molecule has 0 heterocycles. The van der Waals surface area contributed by atoms with Crippen LogP contribution in [-0.4, -0.2) is 28.6 Å². The van der Waals surface area contributed by atoms with Crippen molar-refractivity contribution in [3.05, 3.63) is 29.6 Å². The van der Waals surface area contributed by atoms with Crippen molar-refractivity contribution in [3.63, 3.8) is 0 Å². The van der Waals surface area contributed by atoms with Gasteiger partial charge in [-0.1, -0.05) is 6.07 Å². The number of nitrogens with one attached hydrogen (secondary N) is 2. The summed E-state index contributed by atoms with van der Waals surface area (Å²) in [5.41, 5.74) is 0.687. The van der Waals surface area contributed by atoms with E-state index in [1.807, 2.05) is 0 Å². The molecule has 0 bridgehead atoms. The lowest BCUT2D eigenvalue weighted by atomic mass is 10.2. The summed E-state index contributed by atoms with van der Waals surface area (Å²) in [7, 11) is -2.04. The summed E-state index contributed by atoms with van der Waals surface area (Å²) in [5, 5.41) is 2.79. The SMILES string of the molecule is CNCCNS(=O)(=O)c1ccc(C)cc1F. The van der Waals surface area contributed by atoms with Crippen LogP contribution in [0.25, 0.3) is 0 Å². The number of aryl methyl sites for hydroxylation is 1. The predicted octanol–water partition coefficient (Wildman–Crippen LogP) is 0.632. The maximum atomic E-state index is 13.4. The molecule has 0 aliphatic rings. The van der Waals surface area contributed by atoms with Gasteiger partial charge >= 0.3 is 0 Å². The smallest absolute Gasteiger partial charge is 0.243 e. The number of rotatable bonds is 5. The van der Waals surface area contributed by atoms with E-state index in [0.29, 0.717) is 12.1 Å². The summed E-state index contributed by atoms with van der Waals surface area (Å²) in [6.07, 6.45) is 0. The Kier molecular flexibility index (Phi) is 4.40. The minimum atomic E-state index is -3.74. The Morgan fingerprint density at radius 3 is 2.56 bits per heavy atom. The summed E-state index contributed by atoms with van der Waals surface area (Å²) in [5.74, 6) is -0.725. The Morgan fingerprint density at radius 1 is 1.31 bits per heavy atom. The van der Waals surface area contributed by atoms with Crippen LogP contribution in [0.3, 0.4) is 0 Å². The average molecular weight is 246 g/mol. The quantitative estimate of drug-likeness (QED) is 0.749. The largest absolute Gasteiger partial charge is 0.318 e. The highest BCUT2D eigenvalue weighted by molar-refractivity contribution is 7.89. The van der Waals surface area contributed by atoms with Gasteiger partial charge in [-0.15, -0.1) is 0 Å². The molecule has 0 aromatic heterocycles. The molecule has 0 saturated carbocycles. The summed E-state index contributed by atoms with van der Waals surface area (Å²) in [4.78, 5) is -0.311. The first-order valence-corrected chi connectivity index (χ1v) is 6.36. The molecule has 90 valence electrons. The summed E-state index contributed by atoms with van der Waals surface area (Å²) in [6, 6.07) is 4.04. The number of hydrogen-bond donors (Lipinski definition) is 2. The molecule has 1 aromatic rings. The second kappa shape index (κ2) is 5.38. The zero-order valence-electron chi connectivity index (χ0n) is 9.25. The topological polar surface area (TPSA) is 58.2 Å². The molecule has 0 aliphatic heterocycles. The van der Waals surface area contributed by atoms with Crippen LogP contribution in [0, 0.1) is 12.7 Å². The van der Waals surface area contributed by atoms with Gasteiger partial charge in [-0.05, 0) is 31.7 Å². The first-order chi connectivity index (χ1) is 7.47. The van der Waals surface area contributed by atoms with E-state index in [0.717, 1.165) is 0 Å². The van der Waals surface area contributed by atoms with Gasteiger partial charge in [0.2, 0.25) is 10.0 Å². The van der Waals surface area contributed by atoms with Gasteiger partial charge in [0, 0.05) is 13.1 Å². The van der Waals surface area contributed by atoms with Gasteiger partial charge in [-0.2, -0.15) is 0 Å². The number of sulfonamides is 1. The van der Waals surface area contributed by atoms with Crippen LogP contribution in [0.5, 0.6) is 0 Å². The fraction of sp³-hybridized carbons (Fsp3) is 0.400. The molecule has 16 heavy (non-hydrogen) atoms. The van der Waals surface area contributed by atoms with Crippen LogP contribution in [0.4, 0.5) is 4.39 Å². The lowest BCUT2D eigenvalue weighted by Gasteiger charge is -2.07. The van der Waals surface area contributed by atoms with Crippen molar-refractivity contribution < 1.29 is 12.8 Å². The molecule has 0 amide bonds. The molecule has 1 aromatic carbocycles. The van der Waals surface area contributed by atoms with Crippen molar-refractivity contribution in [3.8, 4) is 0 Å². The zero-order chi connectivity index (χ0) is 12.2. The Bertz CT molecular complexity index is 460. The molecule has 0 atom stereocenters. The third-order valence-corrected chi connectivity index (χ3v) is 3.54. The second-order valence-corrected chi connectivity index (χ2v) is 5.17. The second-order valence-electron chi connectivity index (χ2n) is 3.44. The maximum absolute atomic E-state index is 13.4. The summed E-state index contributed by atoms with van der Waals surface area (Å²) < 4.78 is 39.0. The maximum Gasteiger partial charge on any atom is 0.243 e. The molecule has 4 nitrogen and oxygen atoms in total. The van der Waals surface area contributed by atoms with Crippen LogP contribution in [0.1, 0.15) is 5.56 Å². The minimum absolute atomic E-state index is 0.228. The highest BCUT2D eigenvalue weighted by Gasteiger charge is 2.17. The first kappa shape index (κ1) is 13.1. The molecule has 0 unspecified atom stereocenters.